The van der Waals surface area contributed by atoms with E-state index in [0.29, 0.717) is 6.54 Å². The second-order valence-corrected chi connectivity index (χ2v) is 3.62. The minimum absolute atomic E-state index is 0.190. The number of likely N-dealkylation sites (N-methyl/N-ethyl adjacent to an activating group) is 1. The van der Waals surface area contributed by atoms with Crippen molar-refractivity contribution in [1.29, 1.82) is 0 Å². The zero-order valence-corrected chi connectivity index (χ0v) is 8.79. The van der Waals surface area contributed by atoms with E-state index in [-0.39, 0.29) is 10.8 Å². The Morgan fingerprint density at radius 2 is 2.36 bits per heavy atom. The summed E-state index contributed by atoms with van der Waals surface area (Å²) in [7, 11) is 1.66. The van der Waals surface area contributed by atoms with Gasteiger partial charge in [0.2, 0.25) is 0 Å². The van der Waals surface area contributed by atoms with E-state index in [0.717, 1.165) is 0 Å². The summed E-state index contributed by atoms with van der Waals surface area (Å²) in [5.74, 6) is -0.295. The number of aliphatic hydroxyl groups is 1. The van der Waals surface area contributed by atoms with Crippen molar-refractivity contribution in [2.45, 2.75) is 13.0 Å². The first-order valence-corrected chi connectivity index (χ1v) is 4.58. The van der Waals surface area contributed by atoms with E-state index in [4.69, 9.17) is 16.7 Å². The monoisotopic (exact) mass is 218 g/mol. The summed E-state index contributed by atoms with van der Waals surface area (Å²) in [6.45, 7) is 1.95. The number of aliphatic hydroxyl groups excluding tert-OH is 1. The number of hydrogen-bond acceptors (Lipinski definition) is 3. The van der Waals surface area contributed by atoms with E-state index in [1.165, 1.54) is 17.2 Å². The minimum Gasteiger partial charge on any atom is -0.392 e. The Labute approximate surface area is 87.1 Å². The van der Waals surface area contributed by atoms with Crippen LogP contribution < -0.4 is 4.90 Å². The number of halogens is 2. The number of aromatic nitrogens is 1. The van der Waals surface area contributed by atoms with Crippen molar-refractivity contribution in [2.24, 2.45) is 0 Å². The van der Waals surface area contributed by atoms with Crippen molar-refractivity contribution in [3.63, 3.8) is 0 Å². The highest BCUT2D eigenvalue weighted by Crippen LogP contribution is 2.18. The molecular formula is C9H12ClFN2O. The lowest BCUT2D eigenvalue weighted by Crippen LogP contribution is -2.28. The van der Waals surface area contributed by atoms with E-state index in [9.17, 15) is 4.39 Å². The molecule has 14 heavy (non-hydrogen) atoms. The van der Waals surface area contributed by atoms with Gasteiger partial charge in [-0.3, -0.25) is 0 Å². The topological polar surface area (TPSA) is 36.4 Å². The van der Waals surface area contributed by atoms with E-state index >= 15 is 0 Å². The quantitative estimate of drug-likeness (QED) is 0.839. The first kappa shape index (κ1) is 11.2. The molecule has 0 radical (unpaired) electrons. The van der Waals surface area contributed by atoms with Gasteiger partial charge in [-0.15, -0.1) is 0 Å². The fourth-order valence-corrected chi connectivity index (χ4v) is 1.32. The van der Waals surface area contributed by atoms with Crippen LogP contribution >= 0.6 is 11.6 Å². The molecule has 0 aliphatic rings. The second kappa shape index (κ2) is 4.57. The summed E-state index contributed by atoms with van der Waals surface area (Å²) in [6.07, 6.45) is 0.843. The average Bonchev–Trinajstić information content (AvgIpc) is 2.01. The molecule has 0 saturated carbocycles. The molecule has 1 rings (SSSR count). The van der Waals surface area contributed by atoms with Crippen LogP contribution in [0.1, 0.15) is 6.92 Å². The van der Waals surface area contributed by atoms with Crippen molar-refractivity contribution in [3.05, 3.63) is 23.1 Å². The second-order valence-electron chi connectivity index (χ2n) is 3.19. The van der Waals surface area contributed by atoms with Crippen LogP contribution in [0.2, 0.25) is 5.02 Å². The normalized spacial score (nSPS) is 12.6. The molecule has 0 bridgehead atoms. The van der Waals surface area contributed by atoms with E-state index in [1.807, 2.05) is 0 Å². The average molecular weight is 219 g/mol. The van der Waals surface area contributed by atoms with Crippen molar-refractivity contribution in [1.82, 2.24) is 4.98 Å². The van der Waals surface area contributed by atoms with Crippen LogP contribution in [0.4, 0.5) is 10.2 Å². The molecular weight excluding hydrogens is 207 g/mol. The van der Waals surface area contributed by atoms with Crippen LogP contribution in [0.5, 0.6) is 0 Å². The van der Waals surface area contributed by atoms with Gasteiger partial charge in [0.1, 0.15) is 0 Å². The molecule has 3 nitrogen and oxygen atoms in total. The molecule has 1 aromatic heterocycles. The first-order valence-electron chi connectivity index (χ1n) is 4.21. The maximum Gasteiger partial charge on any atom is 0.167 e. The minimum atomic E-state index is -0.531. The highest BCUT2D eigenvalue weighted by molar-refractivity contribution is 6.30. The van der Waals surface area contributed by atoms with E-state index in [2.05, 4.69) is 4.98 Å². The van der Waals surface area contributed by atoms with E-state index < -0.39 is 11.9 Å². The molecule has 1 heterocycles. The van der Waals surface area contributed by atoms with Gasteiger partial charge in [0.05, 0.1) is 11.1 Å². The molecule has 0 aromatic carbocycles. The predicted octanol–water partition coefficient (Wildman–Crippen LogP) is 1.69. The van der Waals surface area contributed by atoms with Crippen molar-refractivity contribution in [3.8, 4) is 0 Å². The maximum absolute atomic E-state index is 13.3. The van der Waals surface area contributed by atoms with Crippen LogP contribution in [0, 0.1) is 5.82 Å². The third-order valence-electron chi connectivity index (χ3n) is 1.69. The Hall–Kier alpha value is -0.870. The molecule has 0 aliphatic heterocycles. The van der Waals surface area contributed by atoms with Crippen LogP contribution in [0.3, 0.4) is 0 Å². The molecule has 0 spiro atoms. The predicted molar refractivity (Wildman–Crippen MR) is 54.2 cm³/mol. The number of pyridine rings is 1. The fourth-order valence-electron chi connectivity index (χ4n) is 1.17. The van der Waals surface area contributed by atoms with Gasteiger partial charge in [-0.2, -0.15) is 0 Å². The highest BCUT2D eigenvalue weighted by atomic mass is 35.5. The molecule has 1 unspecified atom stereocenters. The smallest absolute Gasteiger partial charge is 0.167 e. The molecule has 0 saturated heterocycles. The van der Waals surface area contributed by atoms with Gasteiger partial charge in [0, 0.05) is 19.8 Å². The summed E-state index contributed by atoms with van der Waals surface area (Å²) in [5.41, 5.74) is 0. The fraction of sp³-hybridized carbons (Fsp3) is 0.444. The van der Waals surface area contributed by atoms with Crippen molar-refractivity contribution < 1.29 is 9.50 Å². The maximum atomic E-state index is 13.3. The molecule has 0 fully saturated rings. The summed E-state index contributed by atoms with van der Waals surface area (Å²) in [4.78, 5) is 5.38. The van der Waals surface area contributed by atoms with Crippen LogP contribution in [0.25, 0.3) is 0 Å². The Kier molecular flexibility index (Phi) is 3.66. The zero-order chi connectivity index (χ0) is 10.7. The van der Waals surface area contributed by atoms with Crippen LogP contribution in [-0.4, -0.2) is 29.8 Å². The van der Waals surface area contributed by atoms with Crippen LogP contribution in [0.15, 0.2) is 12.3 Å². The molecule has 1 aromatic rings. The lowest BCUT2D eigenvalue weighted by atomic mass is 10.3. The van der Waals surface area contributed by atoms with Crippen molar-refractivity contribution in [2.75, 3.05) is 18.5 Å². The third kappa shape index (κ3) is 2.82. The van der Waals surface area contributed by atoms with Gasteiger partial charge in [-0.1, -0.05) is 11.6 Å². The first-order chi connectivity index (χ1) is 6.50. The standard InChI is InChI=1S/C9H12ClFN2O/c1-6(14)5-13(2)9-8(11)3-7(10)4-12-9/h3-4,6,14H,5H2,1-2H3. The zero-order valence-electron chi connectivity index (χ0n) is 8.04. The molecule has 0 amide bonds. The number of anilines is 1. The Balaban J connectivity index is 2.84. The molecule has 78 valence electrons. The van der Waals surface area contributed by atoms with Gasteiger partial charge in [-0.25, -0.2) is 9.37 Å². The highest BCUT2D eigenvalue weighted by Gasteiger charge is 2.11. The number of hydrogen-bond donors (Lipinski definition) is 1. The SMILES string of the molecule is CC(O)CN(C)c1ncc(Cl)cc1F. The summed E-state index contributed by atoms with van der Waals surface area (Å²) in [6, 6.07) is 1.20. The lowest BCUT2D eigenvalue weighted by molar-refractivity contribution is 0.201. The summed E-state index contributed by atoms with van der Waals surface area (Å²) >= 11 is 5.56. The van der Waals surface area contributed by atoms with E-state index in [1.54, 1.807) is 14.0 Å². The molecule has 5 heteroatoms. The summed E-state index contributed by atoms with van der Waals surface area (Å²) in [5, 5.41) is 9.37. The Morgan fingerprint density at radius 1 is 1.71 bits per heavy atom. The van der Waals surface area contributed by atoms with Crippen molar-refractivity contribution >= 4 is 17.4 Å². The van der Waals surface area contributed by atoms with Gasteiger partial charge >= 0.3 is 0 Å². The summed E-state index contributed by atoms with van der Waals surface area (Å²) < 4.78 is 13.3. The number of nitrogens with zero attached hydrogens (tertiary/aromatic N) is 2. The van der Waals surface area contributed by atoms with Gasteiger partial charge in [-0.05, 0) is 13.0 Å². The Morgan fingerprint density at radius 3 is 2.86 bits per heavy atom. The van der Waals surface area contributed by atoms with Gasteiger partial charge < -0.3 is 10.0 Å². The Bertz CT molecular complexity index is 320. The number of rotatable bonds is 3. The van der Waals surface area contributed by atoms with Gasteiger partial charge in [0.25, 0.3) is 0 Å². The lowest BCUT2D eigenvalue weighted by Gasteiger charge is -2.19. The molecule has 0 aliphatic carbocycles. The largest absolute Gasteiger partial charge is 0.392 e. The molecule has 1 N–H and O–H groups in total. The molecule has 1 atom stereocenters. The van der Waals surface area contributed by atoms with Gasteiger partial charge in [0.15, 0.2) is 11.6 Å². The van der Waals surface area contributed by atoms with Crippen LogP contribution in [-0.2, 0) is 0 Å². The third-order valence-corrected chi connectivity index (χ3v) is 1.89.